The normalized spacial score (nSPS) is 20.4. The van der Waals surface area contributed by atoms with Crippen LogP contribution < -0.4 is 0 Å². The second kappa shape index (κ2) is 5.32. The molecule has 1 aliphatic carbocycles. The number of rotatable bonds is 2. The van der Waals surface area contributed by atoms with Crippen LogP contribution in [0.2, 0.25) is 0 Å². The zero-order chi connectivity index (χ0) is 8.04. The van der Waals surface area contributed by atoms with E-state index in [2.05, 4.69) is 34.4 Å². The van der Waals surface area contributed by atoms with Crippen molar-refractivity contribution in [1.29, 1.82) is 0 Å². The summed E-state index contributed by atoms with van der Waals surface area (Å²) >= 11 is 2.15. The van der Waals surface area contributed by atoms with Gasteiger partial charge in [-0.1, -0.05) is 35.9 Å². The number of alkyl halides is 1. The second-order valence-corrected chi connectivity index (χ2v) is 2.94. The van der Waals surface area contributed by atoms with Crippen molar-refractivity contribution in [1.82, 2.24) is 0 Å². The van der Waals surface area contributed by atoms with Gasteiger partial charge in [-0.15, -0.1) is 0 Å². The first-order chi connectivity index (χ1) is 4.77. The van der Waals surface area contributed by atoms with Crippen molar-refractivity contribution in [2.45, 2.75) is 26.2 Å². The molecule has 0 heterocycles. The summed E-state index contributed by atoms with van der Waals surface area (Å²) in [4.78, 5) is 6.02. The van der Waals surface area contributed by atoms with Crippen LogP contribution in [0, 0.1) is 5.41 Å². The van der Waals surface area contributed by atoms with Gasteiger partial charge >= 0.3 is 0 Å². The average Bonchev–Trinajstić information content (AvgIpc) is 1.90. The molecule has 0 bridgehead atoms. The third-order valence-corrected chi connectivity index (χ3v) is 1.97. The molecule has 0 radical (unpaired) electrons. The van der Waals surface area contributed by atoms with E-state index in [-0.39, 0.29) is 0 Å². The fourth-order valence-electron chi connectivity index (χ4n) is 1.08. The maximum absolute atomic E-state index is 8.07. The van der Waals surface area contributed by atoms with Crippen molar-refractivity contribution in [2.24, 2.45) is 5.41 Å². The lowest BCUT2D eigenvalue weighted by Crippen LogP contribution is -2.30. The minimum absolute atomic E-state index is 0.300. The largest absolute Gasteiger partial charge is 0.252 e. The van der Waals surface area contributed by atoms with Gasteiger partial charge in [0, 0.05) is 0 Å². The molecule has 0 saturated heterocycles. The highest BCUT2D eigenvalue weighted by Crippen LogP contribution is 2.39. The number of hydrogen-bond acceptors (Lipinski definition) is 2. The summed E-state index contributed by atoms with van der Waals surface area (Å²) in [5.41, 5.74) is 0.300. The first-order valence-electron chi connectivity index (χ1n) is 3.41. The fraction of sp³-hybridized carbons (Fsp3) is 1.00. The smallest absolute Gasteiger partial charge is 0.0873 e. The molecule has 0 aromatic heterocycles. The first-order valence-corrected chi connectivity index (χ1v) is 5.57. The lowest BCUT2D eigenvalue weighted by Gasteiger charge is -2.36. The molecule has 0 amide bonds. The van der Waals surface area contributed by atoms with Gasteiger partial charge in [-0.2, -0.15) is 0 Å². The summed E-state index contributed by atoms with van der Waals surface area (Å²) in [5, 5.41) is 8.07. The molecule has 10 heavy (non-hydrogen) atoms. The van der Waals surface area contributed by atoms with E-state index in [9.17, 15) is 0 Å². The number of hydrogen-bond donors (Lipinski definition) is 1. The Labute approximate surface area is 76.0 Å². The molecule has 3 heteroatoms. The minimum atomic E-state index is 0.300. The molecule has 0 aromatic rings. The van der Waals surface area contributed by atoms with Crippen LogP contribution >= 0.6 is 22.6 Å². The second-order valence-electron chi connectivity index (χ2n) is 2.94. The molecule has 0 unspecified atom stereocenters. The van der Waals surface area contributed by atoms with E-state index in [1.54, 1.807) is 0 Å². The van der Waals surface area contributed by atoms with Crippen LogP contribution in [0.5, 0.6) is 0 Å². The van der Waals surface area contributed by atoms with Gasteiger partial charge < -0.3 is 0 Å². The summed E-state index contributed by atoms with van der Waals surface area (Å²) in [5.74, 6) is 0. The average molecular weight is 258 g/mol. The maximum atomic E-state index is 8.07. The van der Waals surface area contributed by atoms with E-state index in [0.29, 0.717) is 12.0 Å². The van der Waals surface area contributed by atoms with Crippen molar-refractivity contribution in [2.75, 3.05) is 11.5 Å². The summed E-state index contributed by atoms with van der Waals surface area (Å²) in [6, 6.07) is 0. The third-order valence-electron chi connectivity index (χ3n) is 1.97. The van der Waals surface area contributed by atoms with E-state index in [1.165, 1.54) is 19.3 Å². The van der Waals surface area contributed by atoms with Crippen LogP contribution in [0.15, 0.2) is 0 Å². The Kier molecular flexibility index (Phi) is 5.67. The molecule has 1 saturated carbocycles. The summed E-state index contributed by atoms with van der Waals surface area (Å²) in [6.07, 6.45) is 3.70. The summed E-state index contributed by atoms with van der Waals surface area (Å²) < 4.78 is 0. The van der Waals surface area contributed by atoms with Crippen LogP contribution in [0.1, 0.15) is 26.2 Å². The molecule has 1 fully saturated rings. The molecule has 1 aliphatic rings. The van der Waals surface area contributed by atoms with Crippen LogP contribution in [0.4, 0.5) is 0 Å². The molecule has 0 spiro atoms. The predicted octanol–water partition coefficient (Wildman–Crippen LogP) is 2.72. The van der Waals surface area contributed by atoms with Gasteiger partial charge in [0.15, 0.2) is 0 Å². The van der Waals surface area contributed by atoms with Crippen molar-refractivity contribution >= 4 is 22.6 Å². The first kappa shape index (κ1) is 10.7. The highest BCUT2D eigenvalue weighted by Gasteiger charge is 2.31. The van der Waals surface area contributed by atoms with Gasteiger partial charge in [-0.3, -0.25) is 5.26 Å². The van der Waals surface area contributed by atoms with Gasteiger partial charge in [0.2, 0.25) is 0 Å². The van der Waals surface area contributed by atoms with Crippen LogP contribution in [-0.2, 0) is 4.89 Å². The van der Waals surface area contributed by atoms with Gasteiger partial charge in [0.25, 0.3) is 0 Å². The minimum Gasteiger partial charge on any atom is -0.252 e. The highest BCUT2D eigenvalue weighted by atomic mass is 127. The third kappa shape index (κ3) is 3.16. The van der Waals surface area contributed by atoms with Gasteiger partial charge in [0.05, 0.1) is 6.61 Å². The lowest BCUT2D eigenvalue weighted by molar-refractivity contribution is -0.267. The van der Waals surface area contributed by atoms with E-state index < -0.39 is 0 Å². The van der Waals surface area contributed by atoms with Crippen LogP contribution in [0.25, 0.3) is 0 Å². The molecule has 0 atom stereocenters. The molecule has 1 rings (SSSR count). The molecular weight excluding hydrogens is 243 g/mol. The van der Waals surface area contributed by atoms with Crippen molar-refractivity contribution in [3.8, 4) is 0 Å². The predicted molar refractivity (Wildman–Crippen MR) is 50.5 cm³/mol. The topological polar surface area (TPSA) is 29.5 Å². The summed E-state index contributed by atoms with van der Waals surface area (Å²) in [7, 11) is 0. The Bertz CT molecular complexity index is 81.7. The molecule has 62 valence electrons. The molecule has 0 aromatic carbocycles. The maximum Gasteiger partial charge on any atom is 0.0873 e. The van der Waals surface area contributed by atoms with Gasteiger partial charge in [-0.05, 0) is 23.2 Å². The molecule has 2 nitrogen and oxygen atoms in total. The van der Waals surface area contributed by atoms with E-state index in [4.69, 9.17) is 5.26 Å². The Morgan fingerprint density at radius 1 is 1.50 bits per heavy atom. The zero-order valence-electron chi connectivity index (χ0n) is 6.56. The SMILES string of the molecule is CC1(COO)CCC1.CI. The number of halogens is 1. The van der Waals surface area contributed by atoms with Gasteiger partial charge in [0.1, 0.15) is 0 Å². The Hall–Kier alpha value is 0.650. The quantitative estimate of drug-likeness (QED) is 0.357. The van der Waals surface area contributed by atoms with Gasteiger partial charge in [-0.25, -0.2) is 4.89 Å². The van der Waals surface area contributed by atoms with E-state index in [0.717, 1.165) is 0 Å². The molecule has 0 aliphatic heterocycles. The fourth-order valence-corrected chi connectivity index (χ4v) is 1.08. The van der Waals surface area contributed by atoms with E-state index >= 15 is 0 Å². The Balaban J connectivity index is 0.000000371. The molecule has 1 N–H and O–H groups in total. The van der Waals surface area contributed by atoms with Crippen molar-refractivity contribution < 1.29 is 10.1 Å². The highest BCUT2D eigenvalue weighted by molar-refractivity contribution is 14.1. The van der Waals surface area contributed by atoms with Crippen molar-refractivity contribution in [3.05, 3.63) is 0 Å². The summed E-state index contributed by atoms with van der Waals surface area (Å²) in [6.45, 7) is 2.64. The Morgan fingerprint density at radius 3 is 2.10 bits per heavy atom. The van der Waals surface area contributed by atoms with Crippen LogP contribution in [0.3, 0.4) is 0 Å². The van der Waals surface area contributed by atoms with E-state index in [1.807, 2.05) is 4.93 Å². The molecular formula is C7H15IO2. The lowest BCUT2D eigenvalue weighted by atomic mass is 9.71. The zero-order valence-corrected chi connectivity index (χ0v) is 8.72. The standard InChI is InChI=1S/C6H12O2.CH3I/c1-6(5-8-7)3-2-4-6;1-2/h7H,2-5H2,1H3;1H3. The van der Waals surface area contributed by atoms with Crippen LogP contribution in [-0.4, -0.2) is 16.8 Å². The Morgan fingerprint density at radius 2 is 2.00 bits per heavy atom. The van der Waals surface area contributed by atoms with Crippen molar-refractivity contribution in [3.63, 3.8) is 0 Å². The monoisotopic (exact) mass is 258 g/mol.